The number of amides is 1. The lowest BCUT2D eigenvalue weighted by molar-refractivity contribution is 0.0867. The largest absolute Gasteiger partial charge is 0.348 e. The van der Waals surface area contributed by atoms with Crippen LogP contribution in [0.2, 0.25) is 0 Å². The molecule has 1 saturated carbocycles. The molecule has 0 unspecified atom stereocenters. The third-order valence-corrected chi connectivity index (χ3v) is 6.29. The number of nitrogens with one attached hydrogen (secondary N) is 1. The van der Waals surface area contributed by atoms with E-state index in [2.05, 4.69) is 87.4 Å². The SMILES string of the molecule is Cc1cc(C)cc(-c2ccc(-n3cncc3C(=O)N[C@@H]3C[C@H](C)CC(C)(C)C3)cc2)c1. The smallest absolute Gasteiger partial charge is 0.270 e. The Hall–Kier alpha value is -2.88. The van der Waals surface area contributed by atoms with Crippen LogP contribution in [0.3, 0.4) is 0 Å². The molecule has 31 heavy (non-hydrogen) atoms. The van der Waals surface area contributed by atoms with Crippen LogP contribution in [0.15, 0.2) is 55.0 Å². The van der Waals surface area contributed by atoms with Crippen molar-refractivity contribution in [1.29, 1.82) is 0 Å². The van der Waals surface area contributed by atoms with E-state index in [0.29, 0.717) is 11.6 Å². The number of hydrogen-bond donors (Lipinski definition) is 1. The lowest BCUT2D eigenvalue weighted by Gasteiger charge is -2.39. The number of aromatic nitrogens is 2. The summed E-state index contributed by atoms with van der Waals surface area (Å²) >= 11 is 0. The van der Waals surface area contributed by atoms with Crippen LogP contribution in [0.1, 0.15) is 61.6 Å². The zero-order valence-corrected chi connectivity index (χ0v) is 19.3. The van der Waals surface area contributed by atoms with Gasteiger partial charge < -0.3 is 5.32 Å². The molecule has 1 heterocycles. The molecule has 4 rings (SSSR count). The van der Waals surface area contributed by atoms with Crippen molar-refractivity contribution in [3.05, 3.63) is 71.8 Å². The normalized spacial score (nSPS) is 20.4. The second-order valence-corrected chi connectivity index (χ2v) is 10.2. The number of aryl methyl sites for hydroxylation is 2. The van der Waals surface area contributed by atoms with Gasteiger partial charge in [0.25, 0.3) is 5.91 Å². The number of nitrogens with zero attached hydrogens (tertiary/aromatic N) is 2. The van der Waals surface area contributed by atoms with Crippen molar-refractivity contribution < 1.29 is 4.79 Å². The van der Waals surface area contributed by atoms with Crippen LogP contribution >= 0.6 is 0 Å². The molecule has 4 heteroatoms. The summed E-state index contributed by atoms with van der Waals surface area (Å²) in [5.74, 6) is 0.572. The van der Waals surface area contributed by atoms with Crippen LogP contribution in [-0.4, -0.2) is 21.5 Å². The van der Waals surface area contributed by atoms with E-state index in [9.17, 15) is 4.79 Å². The molecular weight excluding hydrogens is 382 g/mol. The number of hydrogen-bond acceptors (Lipinski definition) is 2. The predicted molar refractivity (Wildman–Crippen MR) is 127 cm³/mol. The molecule has 1 N–H and O–H groups in total. The van der Waals surface area contributed by atoms with E-state index < -0.39 is 0 Å². The summed E-state index contributed by atoms with van der Waals surface area (Å²) in [7, 11) is 0. The molecule has 0 saturated heterocycles. The van der Waals surface area contributed by atoms with Gasteiger partial charge in [0.05, 0.1) is 12.5 Å². The quantitative estimate of drug-likeness (QED) is 0.559. The van der Waals surface area contributed by atoms with Crippen LogP contribution in [0.25, 0.3) is 16.8 Å². The molecule has 1 aromatic heterocycles. The highest BCUT2D eigenvalue weighted by molar-refractivity contribution is 5.93. The van der Waals surface area contributed by atoms with Crippen molar-refractivity contribution in [2.24, 2.45) is 11.3 Å². The number of rotatable bonds is 4. The summed E-state index contributed by atoms with van der Waals surface area (Å²) in [6.45, 7) is 11.1. The molecule has 0 spiro atoms. The lowest BCUT2D eigenvalue weighted by Crippen LogP contribution is -2.43. The van der Waals surface area contributed by atoms with Crippen molar-refractivity contribution >= 4 is 5.91 Å². The zero-order valence-electron chi connectivity index (χ0n) is 19.3. The van der Waals surface area contributed by atoms with Gasteiger partial charge in [0.1, 0.15) is 5.69 Å². The third-order valence-electron chi connectivity index (χ3n) is 6.29. The highest BCUT2D eigenvalue weighted by Gasteiger charge is 2.33. The summed E-state index contributed by atoms with van der Waals surface area (Å²) in [5, 5.41) is 3.27. The number of imidazole rings is 1. The van der Waals surface area contributed by atoms with Gasteiger partial charge in [-0.15, -0.1) is 0 Å². The maximum absolute atomic E-state index is 13.1. The minimum Gasteiger partial charge on any atom is -0.348 e. The Bertz CT molecular complexity index is 1060. The van der Waals surface area contributed by atoms with Crippen LogP contribution in [0, 0.1) is 25.2 Å². The first-order chi connectivity index (χ1) is 14.7. The number of carbonyl (C=O) groups is 1. The Labute approximate surface area is 185 Å². The van der Waals surface area contributed by atoms with E-state index >= 15 is 0 Å². The monoisotopic (exact) mass is 415 g/mol. The van der Waals surface area contributed by atoms with Crippen LogP contribution < -0.4 is 5.32 Å². The molecule has 0 aliphatic heterocycles. The van der Waals surface area contributed by atoms with Gasteiger partial charge in [-0.1, -0.05) is 62.2 Å². The molecule has 162 valence electrons. The average Bonchev–Trinajstić information content (AvgIpc) is 3.15. The molecular formula is C27H33N3O. The molecule has 1 fully saturated rings. The first kappa shape index (κ1) is 21.4. The maximum atomic E-state index is 13.1. The fraction of sp³-hybridized carbons (Fsp3) is 0.407. The molecule has 0 bridgehead atoms. The molecule has 1 aliphatic rings. The Morgan fingerprint density at radius 1 is 1.03 bits per heavy atom. The van der Waals surface area contributed by atoms with Crippen LogP contribution in [0.5, 0.6) is 0 Å². The first-order valence-electron chi connectivity index (χ1n) is 11.2. The van der Waals surface area contributed by atoms with E-state index in [1.807, 2.05) is 4.57 Å². The van der Waals surface area contributed by atoms with E-state index in [0.717, 1.165) is 18.5 Å². The maximum Gasteiger partial charge on any atom is 0.270 e. The van der Waals surface area contributed by atoms with E-state index in [4.69, 9.17) is 0 Å². The fourth-order valence-corrected chi connectivity index (χ4v) is 5.34. The van der Waals surface area contributed by atoms with E-state index in [1.165, 1.54) is 28.7 Å². The van der Waals surface area contributed by atoms with Crippen molar-refractivity contribution in [2.75, 3.05) is 0 Å². The third kappa shape index (κ3) is 4.90. The van der Waals surface area contributed by atoms with Gasteiger partial charge in [-0.25, -0.2) is 4.98 Å². The Balaban J connectivity index is 1.53. The minimum atomic E-state index is -0.0502. The summed E-state index contributed by atoms with van der Waals surface area (Å²) in [6.07, 6.45) is 6.64. The van der Waals surface area contributed by atoms with Crippen LogP contribution in [-0.2, 0) is 0 Å². The predicted octanol–water partition coefficient (Wildman–Crippen LogP) is 6.10. The summed E-state index contributed by atoms with van der Waals surface area (Å²) < 4.78 is 1.87. The second-order valence-electron chi connectivity index (χ2n) is 10.2. The molecule has 1 amide bonds. The molecule has 2 atom stereocenters. The molecule has 2 aromatic carbocycles. The molecule has 3 aromatic rings. The number of carbonyl (C=O) groups excluding carboxylic acids is 1. The topological polar surface area (TPSA) is 46.9 Å². The van der Waals surface area contributed by atoms with Gasteiger partial charge in [-0.3, -0.25) is 9.36 Å². The first-order valence-corrected chi connectivity index (χ1v) is 11.2. The zero-order chi connectivity index (χ0) is 22.2. The van der Waals surface area contributed by atoms with Crippen molar-refractivity contribution in [3.8, 4) is 16.8 Å². The highest BCUT2D eigenvalue weighted by atomic mass is 16.2. The van der Waals surface area contributed by atoms with Gasteiger partial charge in [0.2, 0.25) is 0 Å². The van der Waals surface area contributed by atoms with E-state index in [1.54, 1.807) is 12.5 Å². The van der Waals surface area contributed by atoms with Gasteiger partial charge >= 0.3 is 0 Å². The lowest BCUT2D eigenvalue weighted by atomic mass is 9.70. The van der Waals surface area contributed by atoms with Crippen LogP contribution in [0.4, 0.5) is 0 Å². The summed E-state index contributed by atoms with van der Waals surface area (Å²) in [4.78, 5) is 17.3. The minimum absolute atomic E-state index is 0.0502. The second kappa shape index (κ2) is 8.33. The van der Waals surface area contributed by atoms with Gasteiger partial charge in [-0.2, -0.15) is 0 Å². The van der Waals surface area contributed by atoms with Crippen molar-refractivity contribution in [3.63, 3.8) is 0 Å². The van der Waals surface area contributed by atoms with Crippen molar-refractivity contribution in [2.45, 2.75) is 59.9 Å². The Kier molecular flexibility index (Phi) is 5.74. The van der Waals surface area contributed by atoms with Gasteiger partial charge in [-0.05, 0) is 67.7 Å². The number of benzene rings is 2. The Morgan fingerprint density at radius 2 is 1.71 bits per heavy atom. The van der Waals surface area contributed by atoms with Crippen molar-refractivity contribution in [1.82, 2.24) is 14.9 Å². The van der Waals surface area contributed by atoms with Gasteiger partial charge in [0.15, 0.2) is 0 Å². The molecule has 1 aliphatic carbocycles. The van der Waals surface area contributed by atoms with E-state index in [-0.39, 0.29) is 17.4 Å². The average molecular weight is 416 g/mol. The standard InChI is InChI=1S/C27H33N3O/c1-18-10-19(2)12-22(11-18)21-6-8-24(9-7-21)30-17-28-16-25(30)26(31)29-23-13-20(3)14-27(4,5)15-23/h6-12,16-17,20,23H,13-15H2,1-5H3,(H,29,31)/t20-,23+/m0/s1. The van der Waals surface area contributed by atoms with Gasteiger partial charge in [0, 0.05) is 11.7 Å². The summed E-state index contributed by atoms with van der Waals surface area (Å²) in [6, 6.07) is 15.1. The fourth-order valence-electron chi connectivity index (χ4n) is 5.34. The highest BCUT2D eigenvalue weighted by Crippen LogP contribution is 2.38. The molecule has 4 nitrogen and oxygen atoms in total. The summed E-state index contributed by atoms with van der Waals surface area (Å²) in [5.41, 5.74) is 6.67. The molecule has 0 radical (unpaired) electrons. The Morgan fingerprint density at radius 3 is 2.35 bits per heavy atom.